The summed E-state index contributed by atoms with van der Waals surface area (Å²) in [5, 5.41) is 6.40. The fourth-order valence-electron chi connectivity index (χ4n) is 3.02. The first-order valence-electron chi connectivity index (χ1n) is 8.37. The molecule has 0 spiro atoms. The van der Waals surface area contributed by atoms with E-state index in [0.717, 1.165) is 5.69 Å². The highest BCUT2D eigenvalue weighted by molar-refractivity contribution is 8.15. The van der Waals surface area contributed by atoms with Gasteiger partial charge in [-0.1, -0.05) is 23.4 Å². The Labute approximate surface area is 170 Å². The molecule has 0 saturated carbocycles. The van der Waals surface area contributed by atoms with Crippen molar-refractivity contribution in [2.75, 3.05) is 22.1 Å². The molecule has 2 aromatic rings. The highest BCUT2D eigenvalue weighted by Crippen LogP contribution is 2.34. The van der Waals surface area contributed by atoms with Gasteiger partial charge in [0, 0.05) is 22.2 Å². The van der Waals surface area contributed by atoms with Crippen molar-refractivity contribution in [3.63, 3.8) is 0 Å². The molecule has 0 aromatic heterocycles. The maximum Gasteiger partial charge on any atom is 0.255 e. The molecule has 2 N–H and O–H groups in total. The van der Waals surface area contributed by atoms with Gasteiger partial charge in [0.1, 0.15) is 5.82 Å². The lowest BCUT2D eigenvalue weighted by molar-refractivity contribution is 0.102. The van der Waals surface area contributed by atoms with E-state index in [9.17, 15) is 17.6 Å². The molecule has 2 aromatic carbocycles. The molecular formula is C18H15ClFN3O3S2. The molecule has 28 heavy (non-hydrogen) atoms. The van der Waals surface area contributed by atoms with Crippen LogP contribution < -0.4 is 10.6 Å². The van der Waals surface area contributed by atoms with Crippen LogP contribution in [0.3, 0.4) is 0 Å². The number of anilines is 2. The predicted octanol–water partition coefficient (Wildman–Crippen LogP) is 3.41. The van der Waals surface area contributed by atoms with Crippen LogP contribution in [0.2, 0.25) is 5.02 Å². The number of carbonyl (C=O) groups excluding carboxylic acids is 1. The van der Waals surface area contributed by atoms with Crippen molar-refractivity contribution in [2.45, 2.75) is 11.3 Å². The number of nitrogens with one attached hydrogen (secondary N) is 2. The topological polar surface area (TPSA) is 87.6 Å². The predicted molar refractivity (Wildman–Crippen MR) is 111 cm³/mol. The quantitative estimate of drug-likeness (QED) is 0.765. The van der Waals surface area contributed by atoms with Crippen molar-refractivity contribution in [2.24, 2.45) is 4.99 Å². The first-order valence-corrected chi connectivity index (χ1v) is 11.5. The number of thioether (sulfide) groups is 1. The normalized spacial score (nSPS) is 22.4. The average Bonchev–Trinajstić information content (AvgIpc) is 3.11. The van der Waals surface area contributed by atoms with E-state index in [1.165, 1.54) is 30.0 Å². The number of amides is 1. The van der Waals surface area contributed by atoms with Gasteiger partial charge in [-0.25, -0.2) is 12.8 Å². The summed E-state index contributed by atoms with van der Waals surface area (Å²) in [7, 11) is -2.98. The van der Waals surface area contributed by atoms with Crippen molar-refractivity contribution in [1.29, 1.82) is 0 Å². The molecule has 2 aliphatic rings. The van der Waals surface area contributed by atoms with Gasteiger partial charge in [0.05, 0.1) is 22.6 Å². The molecular weight excluding hydrogens is 425 g/mol. The van der Waals surface area contributed by atoms with Gasteiger partial charge in [-0.2, -0.15) is 0 Å². The Kier molecular flexibility index (Phi) is 5.07. The number of nitrogens with zero attached hydrogens (tertiary/aromatic N) is 1. The van der Waals surface area contributed by atoms with Crippen LogP contribution in [0, 0.1) is 5.82 Å². The summed E-state index contributed by atoms with van der Waals surface area (Å²) >= 11 is 7.15. The number of benzene rings is 2. The minimum atomic E-state index is -2.98. The Balaban J connectivity index is 1.39. The zero-order valence-corrected chi connectivity index (χ0v) is 16.7. The Morgan fingerprint density at radius 1 is 1.14 bits per heavy atom. The molecule has 0 aliphatic carbocycles. The van der Waals surface area contributed by atoms with Crippen molar-refractivity contribution >= 4 is 55.6 Å². The van der Waals surface area contributed by atoms with Crippen LogP contribution in [0.25, 0.3) is 0 Å². The summed E-state index contributed by atoms with van der Waals surface area (Å²) < 4.78 is 36.4. The SMILES string of the molecule is O=C(Nc1ccc(F)c(Cl)c1)c1ccc(NC2=N[C@H]3CS(=O)(=O)C[C@H]3S2)cc1. The fourth-order valence-corrected chi connectivity index (χ4v) is 6.88. The minimum Gasteiger partial charge on any atom is -0.335 e. The molecule has 6 nitrogen and oxygen atoms in total. The van der Waals surface area contributed by atoms with Crippen LogP contribution in [-0.4, -0.2) is 42.3 Å². The zero-order chi connectivity index (χ0) is 19.9. The number of amidine groups is 1. The smallest absolute Gasteiger partial charge is 0.255 e. The number of fused-ring (bicyclic) bond motifs is 1. The molecule has 0 bridgehead atoms. The third kappa shape index (κ3) is 4.16. The fraction of sp³-hybridized carbons (Fsp3) is 0.222. The van der Waals surface area contributed by atoms with Gasteiger partial charge in [-0.05, 0) is 42.5 Å². The van der Waals surface area contributed by atoms with E-state index in [1.807, 2.05) is 0 Å². The van der Waals surface area contributed by atoms with Crippen LogP contribution in [-0.2, 0) is 9.84 Å². The first kappa shape index (κ1) is 19.2. The van der Waals surface area contributed by atoms with Gasteiger partial charge >= 0.3 is 0 Å². The van der Waals surface area contributed by atoms with Gasteiger partial charge in [0.2, 0.25) is 0 Å². The van der Waals surface area contributed by atoms with Gasteiger partial charge in [0.25, 0.3) is 5.91 Å². The van der Waals surface area contributed by atoms with E-state index in [2.05, 4.69) is 15.6 Å². The third-order valence-corrected chi connectivity index (χ3v) is 7.83. The highest BCUT2D eigenvalue weighted by atomic mass is 35.5. The molecule has 146 valence electrons. The average molecular weight is 440 g/mol. The molecule has 2 heterocycles. The summed E-state index contributed by atoms with van der Waals surface area (Å²) in [4.78, 5) is 16.7. The molecule has 10 heteroatoms. The third-order valence-electron chi connectivity index (χ3n) is 4.39. The number of sulfone groups is 1. The summed E-state index contributed by atoms with van der Waals surface area (Å²) in [5.41, 5.74) is 1.57. The Hall–Kier alpha value is -2.10. The molecule has 4 rings (SSSR count). The summed E-state index contributed by atoms with van der Waals surface area (Å²) in [5.74, 6) is -0.641. The lowest BCUT2D eigenvalue weighted by Crippen LogP contribution is -2.13. The second-order valence-electron chi connectivity index (χ2n) is 6.52. The standard InChI is InChI=1S/C18H15ClFN3O3S2/c19-13-7-12(5-6-14(13)20)21-17(24)10-1-3-11(4-2-10)22-18-23-15-8-28(25,26)9-16(15)27-18/h1-7,15-16H,8-9H2,(H,21,24)(H,22,23)/t15-,16+/m0/s1. The Bertz CT molecular complexity index is 1070. The van der Waals surface area contributed by atoms with Crippen molar-refractivity contribution < 1.29 is 17.6 Å². The largest absolute Gasteiger partial charge is 0.335 e. The summed E-state index contributed by atoms with van der Waals surface area (Å²) in [6, 6.07) is 10.5. The first-order chi connectivity index (χ1) is 13.3. The number of aliphatic imine (C=N–C) groups is 1. The minimum absolute atomic E-state index is 0.0277. The number of hydrogen-bond donors (Lipinski definition) is 2. The van der Waals surface area contributed by atoms with E-state index in [-0.39, 0.29) is 33.7 Å². The number of rotatable bonds is 3. The maximum atomic E-state index is 13.2. The van der Waals surface area contributed by atoms with E-state index >= 15 is 0 Å². The van der Waals surface area contributed by atoms with Crippen LogP contribution in [0.4, 0.5) is 15.8 Å². The monoisotopic (exact) mass is 439 g/mol. The van der Waals surface area contributed by atoms with Crippen LogP contribution >= 0.6 is 23.4 Å². The van der Waals surface area contributed by atoms with Crippen molar-refractivity contribution in [3.05, 3.63) is 58.9 Å². The number of hydrogen-bond acceptors (Lipinski definition) is 6. The lowest BCUT2D eigenvalue weighted by atomic mass is 10.2. The van der Waals surface area contributed by atoms with E-state index < -0.39 is 15.7 Å². The Morgan fingerprint density at radius 2 is 1.86 bits per heavy atom. The van der Waals surface area contributed by atoms with Crippen molar-refractivity contribution in [1.82, 2.24) is 0 Å². The van der Waals surface area contributed by atoms with E-state index in [0.29, 0.717) is 16.4 Å². The van der Waals surface area contributed by atoms with E-state index in [1.54, 1.807) is 24.3 Å². The summed E-state index contributed by atoms with van der Waals surface area (Å²) in [6.45, 7) is 0. The molecule has 0 unspecified atom stereocenters. The van der Waals surface area contributed by atoms with Crippen molar-refractivity contribution in [3.8, 4) is 0 Å². The van der Waals surface area contributed by atoms with Crippen LogP contribution in [0.1, 0.15) is 10.4 Å². The van der Waals surface area contributed by atoms with E-state index in [4.69, 9.17) is 11.6 Å². The van der Waals surface area contributed by atoms with Gasteiger partial charge in [0.15, 0.2) is 15.0 Å². The molecule has 1 fully saturated rings. The highest BCUT2D eigenvalue weighted by Gasteiger charge is 2.42. The second kappa shape index (κ2) is 7.38. The number of halogens is 2. The number of carbonyl (C=O) groups is 1. The van der Waals surface area contributed by atoms with Gasteiger partial charge in [-0.3, -0.25) is 9.79 Å². The van der Waals surface area contributed by atoms with Crippen LogP contribution in [0.15, 0.2) is 47.5 Å². The summed E-state index contributed by atoms with van der Waals surface area (Å²) in [6.07, 6.45) is 0. The molecule has 1 amide bonds. The van der Waals surface area contributed by atoms with Gasteiger partial charge < -0.3 is 10.6 Å². The van der Waals surface area contributed by atoms with Crippen LogP contribution in [0.5, 0.6) is 0 Å². The molecule has 0 radical (unpaired) electrons. The molecule has 2 atom stereocenters. The molecule has 2 aliphatic heterocycles. The zero-order valence-electron chi connectivity index (χ0n) is 14.4. The second-order valence-corrected chi connectivity index (χ2v) is 10.3. The molecule has 1 saturated heterocycles. The maximum absolute atomic E-state index is 13.2. The van der Waals surface area contributed by atoms with Gasteiger partial charge in [-0.15, -0.1) is 0 Å². The lowest BCUT2D eigenvalue weighted by Gasteiger charge is -2.09. The Morgan fingerprint density at radius 3 is 2.54 bits per heavy atom.